The average Bonchev–Trinajstić information content (AvgIpc) is 3.06. The highest BCUT2D eigenvalue weighted by molar-refractivity contribution is 5.68. The molecule has 25 heavy (non-hydrogen) atoms. The third-order valence-electron chi connectivity index (χ3n) is 5.55. The Hall–Kier alpha value is -1.55. The van der Waals surface area contributed by atoms with Gasteiger partial charge in [0.05, 0.1) is 0 Å². The van der Waals surface area contributed by atoms with Gasteiger partial charge in [-0.3, -0.25) is 4.90 Å². The van der Waals surface area contributed by atoms with E-state index in [1.165, 1.54) is 24.0 Å². The monoisotopic (exact) mass is 344 g/mol. The fourth-order valence-electron chi connectivity index (χ4n) is 4.21. The van der Waals surface area contributed by atoms with Crippen LogP contribution in [0.4, 0.5) is 4.79 Å². The highest BCUT2D eigenvalue weighted by atomic mass is 16.6. The third-order valence-corrected chi connectivity index (χ3v) is 5.55. The Morgan fingerprint density at radius 2 is 1.72 bits per heavy atom. The zero-order valence-electron chi connectivity index (χ0n) is 16.3. The summed E-state index contributed by atoms with van der Waals surface area (Å²) in [6.45, 7) is 10.6. The fourth-order valence-corrected chi connectivity index (χ4v) is 4.21. The molecule has 1 aromatic rings. The lowest BCUT2D eigenvalue weighted by molar-refractivity contribution is 0.0275. The van der Waals surface area contributed by atoms with Gasteiger partial charge in [-0.2, -0.15) is 0 Å². The zero-order chi connectivity index (χ0) is 18.2. The molecule has 1 aliphatic carbocycles. The Morgan fingerprint density at radius 3 is 2.24 bits per heavy atom. The van der Waals surface area contributed by atoms with Crippen LogP contribution in [0, 0.1) is 18.8 Å². The van der Waals surface area contributed by atoms with Crippen molar-refractivity contribution in [1.29, 1.82) is 0 Å². The van der Waals surface area contributed by atoms with E-state index in [-0.39, 0.29) is 6.09 Å². The Balaban J connectivity index is 1.51. The minimum atomic E-state index is -0.411. The van der Waals surface area contributed by atoms with Crippen LogP contribution in [0.1, 0.15) is 44.7 Å². The first-order valence-corrected chi connectivity index (χ1v) is 9.45. The van der Waals surface area contributed by atoms with Crippen LogP contribution < -0.4 is 0 Å². The second-order valence-corrected chi connectivity index (χ2v) is 8.93. The number of aryl methyl sites for hydroxylation is 1. The number of hydrogen-bond donors (Lipinski definition) is 0. The molecule has 4 heteroatoms. The van der Waals surface area contributed by atoms with Gasteiger partial charge in [0.25, 0.3) is 0 Å². The molecule has 2 aliphatic rings. The third kappa shape index (κ3) is 4.55. The second kappa shape index (κ2) is 6.99. The van der Waals surface area contributed by atoms with E-state index in [2.05, 4.69) is 43.1 Å². The van der Waals surface area contributed by atoms with Gasteiger partial charge in [0.2, 0.25) is 0 Å². The number of carbonyl (C=O) groups excluding carboxylic acids is 1. The minimum absolute atomic E-state index is 0.147. The van der Waals surface area contributed by atoms with Gasteiger partial charge in [0, 0.05) is 25.7 Å². The average molecular weight is 344 g/mol. The largest absolute Gasteiger partial charge is 0.444 e. The van der Waals surface area contributed by atoms with E-state index in [0.717, 1.165) is 19.6 Å². The molecule has 1 saturated heterocycles. The van der Waals surface area contributed by atoms with Crippen molar-refractivity contribution in [2.45, 2.75) is 58.7 Å². The summed E-state index contributed by atoms with van der Waals surface area (Å²) in [4.78, 5) is 16.7. The van der Waals surface area contributed by atoms with Gasteiger partial charge in [0.1, 0.15) is 5.60 Å². The SMILES string of the molecule is Cc1ccc(CN(C)C2C[C@@H]3CN(C(=O)OC(C)(C)C)C[C@@H]3C2)cc1. The smallest absolute Gasteiger partial charge is 0.410 e. The molecule has 3 atom stereocenters. The summed E-state index contributed by atoms with van der Waals surface area (Å²) in [6, 6.07) is 9.45. The maximum Gasteiger partial charge on any atom is 0.410 e. The molecule has 0 N–H and O–H groups in total. The fraction of sp³-hybridized carbons (Fsp3) is 0.667. The molecule has 0 spiro atoms. The number of hydrogen-bond acceptors (Lipinski definition) is 3. The van der Waals surface area contributed by atoms with Gasteiger partial charge in [-0.05, 0) is 65.0 Å². The quantitative estimate of drug-likeness (QED) is 0.828. The Kier molecular flexibility index (Phi) is 5.10. The van der Waals surface area contributed by atoms with E-state index in [1.807, 2.05) is 25.7 Å². The van der Waals surface area contributed by atoms with Crippen LogP contribution in [0.25, 0.3) is 0 Å². The van der Waals surface area contributed by atoms with Crippen LogP contribution in [0.2, 0.25) is 0 Å². The van der Waals surface area contributed by atoms with Crippen LogP contribution in [0.5, 0.6) is 0 Å². The van der Waals surface area contributed by atoms with E-state index in [4.69, 9.17) is 4.74 Å². The Morgan fingerprint density at radius 1 is 1.16 bits per heavy atom. The van der Waals surface area contributed by atoms with E-state index >= 15 is 0 Å². The van der Waals surface area contributed by atoms with Crippen LogP contribution in [-0.2, 0) is 11.3 Å². The molecule has 1 saturated carbocycles. The molecule has 1 heterocycles. The maximum atomic E-state index is 12.3. The molecule has 1 unspecified atom stereocenters. The van der Waals surface area contributed by atoms with Crippen LogP contribution in [0.3, 0.4) is 0 Å². The standard InChI is InChI=1S/C21H32N2O2/c1-15-6-8-16(9-7-15)12-22(5)19-10-17-13-23(14-18(17)11-19)20(24)25-21(2,3)4/h6-9,17-19H,10-14H2,1-5H3/t17-,18+,19?. The molecule has 0 aromatic heterocycles. The van der Waals surface area contributed by atoms with Gasteiger partial charge in [0.15, 0.2) is 0 Å². The van der Waals surface area contributed by atoms with E-state index in [9.17, 15) is 4.79 Å². The Bertz CT molecular complexity index is 591. The van der Waals surface area contributed by atoms with Crippen molar-refractivity contribution in [3.05, 3.63) is 35.4 Å². The number of carbonyl (C=O) groups is 1. The summed E-state index contributed by atoms with van der Waals surface area (Å²) in [5.41, 5.74) is 2.27. The number of fused-ring (bicyclic) bond motifs is 1. The topological polar surface area (TPSA) is 32.8 Å². The van der Waals surface area contributed by atoms with Gasteiger partial charge in [-0.25, -0.2) is 4.79 Å². The van der Waals surface area contributed by atoms with Crippen molar-refractivity contribution < 1.29 is 9.53 Å². The van der Waals surface area contributed by atoms with Gasteiger partial charge in [-0.15, -0.1) is 0 Å². The molecule has 1 aliphatic heterocycles. The molecule has 4 nitrogen and oxygen atoms in total. The van der Waals surface area contributed by atoms with Crippen LogP contribution >= 0.6 is 0 Å². The first kappa shape index (κ1) is 18.2. The molecule has 2 fully saturated rings. The van der Waals surface area contributed by atoms with Gasteiger partial charge in [-0.1, -0.05) is 29.8 Å². The number of likely N-dealkylation sites (tertiary alicyclic amines) is 1. The summed E-state index contributed by atoms with van der Waals surface area (Å²) >= 11 is 0. The first-order valence-electron chi connectivity index (χ1n) is 9.45. The van der Waals surface area contributed by atoms with Crippen molar-refractivity contribution in [3.8, 4) is 0 Å². The minimum Gasteiger partial charge on any atom is -0.444 e. The first-order chi connectivity index (χ1) is 11.7. The summed E-state index contributed by atoms with van der Waals surface area (Å²) in [6.07, 6.45) is 2.23. The van der Waals surface area contributed by atoms with Gasteiger partial charge < -0.3 is 9.64 Å². The predicted octanol–water partition coefficient (Wildman–Crippen LogP) is 4.07. The van der Waals surface area contributed by atoms with E-state index in [0.29, 0.717) is 17.9 Å². The predicted molar refractivity (Wildman–Crippen MR) is 100 cm³/mol. The summed E-state index contributed by atoms with van der Waals surface area (Å²) in [7, 11) is 2.23. The number of amides is 1. The highest BCUT2D eigenvalue weighted by Gasteiger charge is 2.44. The van der Waals surface area contributed by atoms with E-state index < -0.39 is 5.60 Å². The molecular weight excluding hydrogens is 312 g/mol. The van der Waals surface area contributed by atoms with Crippen molar-refractivity contribution in [2.75, 3.05) is 20.1 Å². The lowest BCUT2D eigenvalue weighted by Gasteiger charge is -2.28. The van der Waals surface area contributed by atoms with Crippen LogP contribution in [0.15, 0.2) is 24.3 Å². The lowest BCUT2D eigenvalue weighted by Crippen LogP contribution is -2.37. The highest BCUT2D eigenvalue weighted by Crippen LogP contribution is 2.40. The van der Waals surface area contributed by atoms with Crippen LogP contribution in [-0.4, -0.2) is 47.7 Å². The molecule has 1 amide bonds. The second-order valence-electron chi connectivity index (χ2n) is 8.93. The number of ether oxygens (including phenoxy) is 1. The van der Waals surface area contributed by atoms with Crippen molar-refractivity contribution in [1.82, 2.24) is 9.80 Å². The zero-order valence-corrected chi connectivity index (χ0v) is 16.3. The molecule has 0 bridgehead atoms. The maximum absolute atomic E-state index is 12.3. The van der Waals surface area contributed by atoms with Crippen molar-refractivity contribution in [2.24, 2.45) is 11.8 Å². The molecular formula is C21H32N2O2. The molecule has 138 valence electrons. The number of rotatable bonds is 3. The van der Waals surface area contributed by atoms with E-state index in [1.54, 1.807) is 0 Å². The van der Waals surface area contributed by atoms with Crippen molar-refractivity contribution in [3.63, 3.8) is 0 Å². The number of nitrogens with zero attached hydrogens (tertiary/aromatic N) is 2. The summed E-state index contributed by atoms with van der Waals surface area (Å²) < 4.78 is 5.53. The van der Waals surface area contributed by atoms with Gasteiger partial charge >= 0.3 is 6.09 Å². The summed E-state index contributed by atoms with van der Waals surface area (Å²) in [5, 5.41) is 0. The van der Waals surface area contributed by atoms with Crippen molar-refractivity contribution >= 4 is 6.09 Å². The Labute approximate surface area is 152 Å². The lowest BCUT2D eigenvalue weighted by atomic mass is 10.0. The number of benzene rings is 1. The molecule has 3 rings (SSSR count). The molecule has 0 radical (unpaired) electrons. The summed E-state index contributed by atoms with van der Waals surface area (Å²) in [5.74, 6) is 1.25. The normalized spacial score (nSPS) is 26.2. The molecule has 1 aromatic carbocycles.